The lowest BCUT2D eigenvalue weighted by molar-refractivity contribution is -0.0397. The summed E-state index contributed by atoms with van der Waals surface area (Å²) in [6, 6.07) is 0. The molecule has 0 aromatic heterocycles. The summed E-state index contributed by atoms with van der Waals surface area (Å²) in [4.78, 5) is 0. The van der Waals surface area contributed by atoms with Gasteiger partial charge in [-0.3, -0.25) is 0 Å². The molecular formula is C10H22O3. The molecule has 0 aromatic rings. The molecule has 0 radical (unpaired) electrons. The van der Waals surface area contributed by atoms with Crippen LogP contribution in [0.4, 0.5) is 0 Å². The Morgan fingerprint density at radius 1 is 1.46 bits per heavy atom. The highest BCUT2D eigenvalue weighted by molar-refractivity contribution is 4.82. The van der Waals surface area contributed by atoms with Gasteiger partial charge in [-0.25, -0.2) is 0 Å². The Morgan fingerprint density at radius 2 is 2.00 bits per heavy atom. The van der Waals surface area contributed by atoms with Gasteiger partial charge in [0.2, 0.25) is 0 Å². The zero-order chi connectivity index (χ0) is 10.5. The molecule has 0 aromatic carbocycles. The molecule has 0 aliphatic carbocycles. The van der Waals surface area contributed by atoms with Crippen molar-refractivity contribution in [3.05, 3.63) is 0 Å². The zero-order valence-electron chi connectivity index (χ0n) is 9.08. The van der Waals surface area contributed by atoms with Crippen LogP contribution in [0.25, 0.3) is 0 Å². The Labute approximate surface area is 80.7 Å². The van der Waals surface area contributed by atoms with Gasteiger partial charge >= 0.3 is 0 Å². The minimum atomic E-state index is -0.657. The molecule has 80 valence electrons. The molecule has 0 rings (SSSR count). The lowest BCUT2D eigenvalue weighted by atomic mass is 9.77. The molecule has 0 amide bonds. The van der Waals surface area contributed by atoms with Gasteiger partial charge in [0.25, 0.3) is 0 Å². The summed E-state index contributed by atoms with van der Waals surface area (Å²) in [7, 11) is 1.66. The Kier molecular flexibility index (Phi) is 5.53. The molecule has 0 saturated heterocycles. The van der Waals surface area contributed by atoms with Crippen LogP contribution in [-0.2, 0) is 4.74 Å². The van der Waals surface area contributed by atoms with Crippen LogP contribution in [0.5, 0.6) is 0 Å². The van der Waals surface area contributed by atoms with E-state index in [1.807, 2.05) is 20.8 Å². The number of rotatable bonds is 6. The normalized spacial score (nSPS) is 20.8. The summed E-state index contributed by atoms with van der Waals surface area (Å²) >= 11 is 0. The maximum Gasteiger partial charge on any atom is 0.0825 e. The second kappa shape index (κ2) is 5.58. The van der Waals surface area contributed by atoms with Gasteiger partial charge < -0.3 is 14.9 Å². The number of ether oxygens (including phenoxy) is 1. The van der Waals surface area contributed by atoms with Crippen LogP contribution in [0.2, 0.25) is 0 Å². The Morgan fingerprint density at radius 3 is 2.31 bits per heavy atom. The molecule has 0 aliphatic heterocycles. The first-order chi connectivity index (χ1) is 6.00. The fourth-order valence-corrected chi connectivity index (χ4v) is 1.48. The van der Waals surface area contributed by atoms with Gasteiger partial charge in [-0.2, -0.15) is 0 Å². The van der Waals surface area contributed by atoms with Gasteiger partial charge in [0.05, 0.1) is 18.8 Å². The second-order valence-corrected chi connectivity index (χ2v) is 3.96. The quantitative estimate of drug-likeness (QED) is 0.661. The van der Waals surface area contributed by atoms with E-state index in [1.54, 1.807) is 7.11 Å². The molecule has 0 fully saturated rings. The van der Waals surface area contributed by atoms with Gasteiger partial charge in [0.1, 0.15) is 0 Å². The largest absolute Gasteiger partial charge is 0.394 e. The first kappa shape index (κ1) is 12.9. The standard InChI is InChI=1S/C10H22O3/c1-5-10(3,9(12)7-11)6-8(2)13-4/h8-9,11-12H,5-7H2,1-4H3. The summed E-state index contributed by atoms with van der Waals surface area (Å²) in [5.41, 5.74) is -0.246. The van der Waals surface area contributed by atoms with Crippen molar-refractivity contribution in [3.63, 3.8) is 0 Å². The van der Waals surface area contributed by atoms with Crippen LogP contribution < -0.4 is 0 Å². The number of hydrogen-bond donors (Lipinski definition) is 2. The first-order valence-electron chi connectivity index (χ1n) is 4.82. The zero-order valence-corrected chi connectivity index (χ0v) is 9.08. The van der Waals surface area contributed by atoms with Gasteiger partial charge in [0.15, 0.2) is 0 Å². The molecule has 13 heavy (non-hydrogen) atoms. The highest BCUT2D eigenvalue weighted by atomic mass is 16.5. The Hall–Kier alpha value is -0.120. The van der Waals surface area contributed by atoms with Crippen molar-refractivity contribution in [2.24, 2.45) is 5.41 Å². The molecule has 0 bridgehead atoms. The molecule has 3 nitrogen and oxygen atoms in total. The predicted octanol–water partition coefficient (Wildman–Crippen LogP) is 1.18. The van der Waals surface area contributed by atoms with Gasteiger partial charge in [-0.05, 0) is 25.2 Å². The minimum Gasteiger partial charge on any atom is -0.394 e. The van der Waals surface area contributed by atoms with E-state index in [-0.39, 0.29) is 18.1 Å². The maximum absolute atomic E-state index is 9.62. The topological polar surface area (TPSA) is 49.7 Å². The number of methoxy groups -OCH3 is 1. The predicted molar refractivity (Wildman–Crippen MR) is 52.6 cm³/mol. The SMILES string of the molecule is CCC(C)(CC(C)OC)C(O)CO. The Bertz CT molecular complexity index is 138. The van der Waals surface area contributed by atoms with Crippen molar-refractivity contribution < 1.29 is 14.9 Å². The van der Waals surface area contributed by atoms with Crippen LogP contribution in [0, 0.1) is 5.41 Å². The number of aliphatic hydroxyl groups is 2. The van der Waals surface area contributed by atoms with Crippen LogP contribution in [0.3, 0.4) is 0 Å². The molecule has 2 N–H and O–H groups in total. The van der Waals surface area contributed by atoms with Crippen molar-refractivity contribution in [1.82, 2.24) is 0 Å². The van der Waals surface area contributed by atoms with E-state index >= 15 is 0 Å². The van der Waals surface area contributed by atoms with E-state index in [4.69, 9.17) is 9.84 Å². The second-order valence-electron chi connectivity index (χ2n) is 3.96. The Balaban J connectivity index is 4.26. The lowest BCUT2D eigenvalue weighted by Crippen LogP contribution is -2.37. The third kappa shape index (κ3) is 3.63. The molecule has 0 saturated carbocycles. The number of aliphatic hydroxyl groups excluding tert-OH is 2. The highest BCUT2D eigenvalue weighted by Crippen LogP contribution is 2.32. The van der Waals surface area contributed by atoms with E-state index < -0.39 is 6.10 Å². The van der Waals surface area contributed by atoms with E-state index in [9.17, 15) is 5.11 Å². The van der Waals surface area contributed by atoms with E-state index in [1.165, 1.54) is 0 Å². The van der Waals surface area contributed by atoms with Crippen molar-refractivity contribution in [3.8, 4) is 0 Å². The molecule has 0 spiro atoms. The van der Waals surface area contributed by atoms with Crippen LogP contribution in [0.1, 0.15) is 33.6 Å². The highest BCUT2D eigenvalue weighted by Gasteiger charge is 2.32. The minimum absolute atomic E-state index is 0.117. The van der Waals surface area contributed by atoms with Crippen molar-refractivity contribution >= 4 is 0 Å². The fourth-order valence-electron chi connectivity index (χ4n) is 1.48. The summed E-state index contributed by atoms with van der Waals surface area (Å²) in [5, 5.41) is 18.5. The molecule has 3 heteroatoms. The summed E-state index contributed by atoms with van der Waals surface area (Å²) < 4.78 is 5.15. The van der Waals surface area contributed by atoms with E-state index in [0.29, 0.717) is 0 Å². The first-order valence-corrected chi connectivity index (χ1v) is 4.82. The van der Waals surface area contributed by atoms with Crippen LogP contribution in [-0.4, -0.2) is 36.1 Å². The van der Waals surface area contributed by atoms with E-state index in [2.05, 4.69) is 0 Å². The lowest BCUT2D eigenvalue weighted by Gasteiger charge is -2.34. The monoisotopic (exact) mass is 190 g/mol. The van der Waals surface area contributed by atoms with Gasteiger partial charge in [-0.1, -0.05) is 13.8 Å². The van der Waals surface area contributed by atoms with Crippen LogP contribution >= 0.6 is 0 Å². The van der Waals surface area contributed by atoms with Crippen molar-refractivity contribution in [2.75, 3.05) is 13.7 Å². The third-order valence-corrected chi connectivity index (χ3v) is 2.94. The third-order valence-electron chi connectivity index (χ3n) is 2.94. The van der Waals surface area contributed by atoms with E-state index in [0.717, 1.165) is 12.8 Å². The van der Waals surface area contributed by atoms with Crippen molar-refractivity contribution in [1.29, 1.82) is 0 Å². The molecule has 0 aliphatic rings. The average molecular weight is 190 g/mol. The summed E-state index contributed by atoms with van der Waals surface area (Å²) in [5.74, 6) is 0. The average Bonchev–Trinajstić information content (AvgIpc) is 2.15. The van der Waals surface area contributed by atoms with Gasteiger partial charge in [-0.15, -0.1) is 0 Å². The molecular weight excluding hydrogens is 168 g/mol. The molecule has 0 heterocycles. The number of hydrogen-bond acceptors (Lipinski definition) is 3. The summed E-state index contributed by atoms with van der Waals surface area (Å²) in [6.45, 7) is 5.78. The maximum atomic E-state index is 9.62. The summed E-state index contributed by atoms with van der Waals surface area (Å²) in [6.07, 6.45) is 1.06. The van der Waals surface area contributed by atoms with Gasteiger partial charge in [0, 0.05) is 7.11 Å². The van der Waals surface area contributed by atoms with Crippen molar-refractivity contribution in [2.45, 2.75) is 45.8 Å². The molecule has 3 unspecified atom stereocenters. The smallest absolute Gasteiger partial charge is 0.0825 e. The molecule has 3 atom stereocenters. The fraction of sp³-hybridized carbons (Fsp3) is 1.00. The van der Waals surface area contributed by atoms with Crippen LogP contribution in [0.15, 0.2) is 0 Å².